The number of para-hydroxylation sites is 1. The van der Waals surface area contributed by atoms with Crippen LogP contribution in [0, 0.1) is 13.8 Å². The van der Waals surface area contributed by atoms with Crippen LogP contribution in [0.15, 0.2) is 82.2 Å². The minimum Gasteiger partial charge on any atom is -0.484 e. The molecule has 0 atom stereocenters. The van der Waals surface area contributed by atoms with Gasteiger partial charge in [-0.1, -0.05) is 35.9 Å². The van der Waals surface area contributed by atoms with Crippen LogP contribution in [-0.4, -0.2) is 12.5 Å². The van der Waals surface area contributed by atoms with Gasteiger partial charge in [0, 0.05) is 11.8 Å². The first-order valence-corrected chi connectivity index (χ1v) is 9.78. The van der Waals surface area contributed by atoms with Crippen LogP contribution >= 0.6 is 0 Å². The number of carbonyl (C=O) groups excluding carboxylic acids is 1. The number of benzene rings is 3. The Balaban J connectivity index is 1.45. The topological polar surface area (TPSA) is 77.8 Å². The Morgan fingerprint density at radius 2 is 1.71 bits per heavy atom. The zero-order chi connectivity index (χ0) is 21.8. The van der Waals surface area contributed by atoms with E-state index in [1.807, 2.05) is 50.2 Å². The summed E-state index contributed by atoms with van der Waals surface area (Å²) in [4.78, 5) is 24.9. The second-order valence-electron chi connectivity index (χ2n) is 7.15. The third-order valence-electron chi connectivity index (χ3n) is 4.75. The van der Waals surface area contributed by atoms with Crippen molar-refractivity contribution < 1.29 is 18.7 Å². The molecule has 1 aromatic heterocycles. The molecule has 6 nitrogen and oxygen atoms in total. The molecule has 0 unspecified atom stereocenters. The fourth-order valence-corrected chi connectivity index (χ4v) is 3.03. The number of hydrogen-bond acceptors (Lipinski definition) is 5. The molecule has 156 valence electrons. The first kappa shape index (κ1) is 20.2. The number of nitrogens with one attached hydrogen (secondary N) is 1. The van der Waals surface area contributed by atoms with Gasteiger partial charge in [-0.15, -0.1) is 0 Å². The summed E-state index contributed by atoms with van der Waals surface area (Å²) in [5.74, 6) is 0.792. The van der Waals surface area contributed by atoms with Crippen molar-refractivity contribution in [3.05, 3.63) is 94.3 Å². The third-order valence-corrected chi connectivity index (χ3v) is 4.75. The van der Waals surface area contributed by atoms with E-state index in [-0.39, 0.29) is 23.7 Å². The summed E-state index contributed by atoms with van der Waals surface area (Å²) in [5.41, 5.74) is 2.86. The molecule has 0 aliphatic carbocycles. The van der Waals surface area contributed by atoms with Crippen molar-refractivity contribution >= 4 is 22.6 Å². The van der Waals surface area contributed by atoms with E-state index in [0.29, 0.717) is 22.5 Å². The van der Waals surface area contributed by atoms with Crippen LogP contribution in [0.2, 0.25) is 0 Å². The van der Waals surface area contributed by atoms with E-state index >= 15 is 0 Å². The highest BCUT2D eigenvalue weighted by atomic mass is 16.5. The highest BCUT2D eigenvalue weighted by Crippen LogP contribution is 2.24. The van der Waals surface area contributed by atoms with Gasteiger partial charge < -0.3 is 19.2 Å². The SMILES string of the molecule is Cc1ccc(Oc2coc3cc(OCC(=O)Nc4ccccc4C)ccc3c2=O)cc1. The lowest BCUT2D eigenvalue weighted by molar-refractivity contribution is -0.118. The van der Waals surface area contributed by atoms with E-state index in [4.69, 9.17) is 13.9 Å². The molecule has 0 saturated carbocycles. The maximum Gasteiger partial charge on any atom is 0.262 e. The van der Waals surface area contributed by atoms with Crippen LogP contribution in [0.1, 0.15) is 11.1 Å². The van der Waals surface area contributed by atoms with Crippen molar-refractivity contribution in [3.8, 4) is 17.2 Å². The first-order chi connectivity index (χ1) is 15.0. The van der Waals surface area contributed by atoms with Crippen molar-refractivity contribution in [3.63, 3.8) is 0 Å². The maximum atomic E-state index is 12.7. The maximum absolute atomic E-state index is 12.7. The number of rotatable bonds is 6. The van der Waals surface area contributed by atoms with Crippen LogP contribution in [0.5, 0.6) is 17.2 Å². The average Bonchev–Trinajstić information content (AvgIpc) is 2.77. The number of amides is 1. The largest absolute Gasteiger partial charge is 0.484 e. The number of hydrogen-bond donors (Lipinski definition) is 1. The van der Waals surface area contributed by atoms with Crippen LogP contribution < -0.4 is 20.2 Å². The predicted octanol–water partition coefficient (Wildman–Crippen LogP) is 5.22. The molecule has 1 amide bonds. The van der Waals surface area contributed by atoms with E-state index < -0.39 is 0 Å². The molecule has 0 aliphatic heterocycles. The molecule has 0 radical (unpaired) electrons. The average molecular weight is 415 g/mol. The van der Waals surface area contributed by atoms with Gasteiger partial charge in [0.1, 0.15) is 23.3 Å². The Morgan fingerprint density at radius 3 is 2.48 bits per heavy atom. The van der Waals surface area contributed by atoms with Crippen molar-refractivity contribution in [2.45, 2.75) is 13.8 Å². The standard InChI is InChI=1S/C25H21NO5/c1-16-7-9-18(10-8-16)31-23-14-30-22-13-19(11-12-20(22)25(23)28)29-15-24(27)26-21-6-4-3-5-17(21)2/h3-14H,15H2,1-2H3,(H,26,27). The predicted molar refractivity (Wildman–Crippen MR) is 119 cm³/mol. The zero-order valence-electron chi connectivity index (χ0n) is 17.2. The summed E-state index contributed by atoms with van der Waals surface area (Å²) in [7, 11) is 0. The molecule has 1 heterocycles. The Kier molecular flexibility index (Phi) is 5.71. The van der Waals surface area contributed by atoms with Gasteiger partial charge in [-0.3, -0.25) is 9.59 Å². The molecule has 0 bridgehead atoms. The molecule has 4 aromatic rings. The van der Waals surface area contributed by atoms with Gasteiger partial charge in [0.05, 0.1) is 5.39 Å². The van der Waals surface area contributed by atoms with Crippen molar-refractivity contribution in [2.24, 2.45) is 0 Å². The van der Waals surface area contributed by atoms with E-state index in [1.165, 1.54) is 6.26 Å². The third kappa shape index (κ3) is 4.75. The van der Waals surface area contributed by atoms with Gasteiger partial charge >= 0.3 is 0 Å². The summed E-state index contributed by atoms with van der Waals surface area (Å²) in [6, 6.07) is 19.7. The number of fused-ring (bicyclic) bond motifs is 1. The van der Waals surface area contributed by atoms with E-state index in [1.54, 1.807) is 30.3 Å². The summed E-state index contributed by atoms with van der Waals surface area (Å²) in [6.45, 7) is 3.72. The number of carbonyl (C=O) groups is 1. The molecule has 6 heteroatoms. The second-order valence-corrected chi connectivity index (χ2v) is 7.15. The lowest BCUT2D eigenvalue weighted by Crippen LogP contribution is -2.20. The highest BCUT2D eigenvalue weighted by molar-refractivity contribution is 5.92. The smallest absolute Gasteiger partial charge is 0.262 e. The van der Waals surface area contributed by atoms with Crippen molar-refractivity contribution in [1.82, 2.24) is 0 Å². The quantitative estimate of drug-likeness (QED) is 0.467. The lowest BCUT2D eigenvalue weighted by Gasteiger charge is -2.10. The van der Waals surface area contributed by atoms with E-state index in [2.05, 4.69) is 5.32 Å². The lowest BCUT2D eigenvalue weighted by atomic mass is 10.2. The molecule has 0 spiro atoms. The van der Waals surface area contributed by atoms with Gasteiger partial charge in [-0.05, 0) is 49.7 Å². The summed E-state index contributed by atoms with van der Waals surface area (Å²) >= 11 is 0. The minimum atomic E-state index is -0.286. The van der Waals surface area contributed by atoms with Gasteiger partial charge in [-0.2, -0.15) is 0 Å². The Hall–Kier alpha value is -4.06. The molecule has 31 heavy (non-hydrogen) atoms. The molecule has 1 N–H and O–H groups in total. The summed E-state index contributed by atoms with van der Waals surface area (Å²) in [6.07, 6.45) is 1.28. The molecular formula is C25H21NO5. The molecule has 0 saturated heterocycles. The van der Waals surface area contributed by atoms with Gasteiger partial charge in [-0.25, -0.2) is 0 Å². The monoisotopic (exact) mass is 415 g/mol. The highest BCUT2D eigenvalue weighted by Gasteiger charge is 2.11. The second kappa shape index (κ2) is 8.75. The van der Waals surface area contributed by atoms with Gasteiger partial charge in [0.2, 0.25) is 11.2 Å². The summed E-state index contributed by atoms with van der Waals surface area (Å²) < 4.78 is 16.8. The molecule has 0 fully saturated rings. The van der Waals surface area contributed by atoms with Crippen molar-refractivity contribution in [2.75, 3.05) is 11.9 Å². The number of anilines is 1. The van der Waals surface area contributed by atoms with Crippen LogP contribution in [-0.2, 0) is 4.79 Å². The number of aryl methyl sites for hydroxylation is 2. The van der Waals surface area contributed by atoms with Crippen LogP contribution in [0.25, 0.3) is 11.0 Å². The summed E-state index contributed by atoms with van der Waals surface area (Å²) in [5, 5.41) is 3.17. The zero-order valence-corrected chi connectivity index (χ0v) is 17.2. The van der Waals surface area contributed by atoms with E-state index in [0.717, 1.165) is 16.8 Å². The minimum absolute atomic E-state index is 0.0997. The Labute approximate surface area is 179 Å². The van der Waals surface area contributed by atoms with Gasteiger partial charge in [0.25, 0.3) is 5.91 Å². The van der Waals surface area contributed by atoms with Crippen molar-refractivity contribution in [1.29, 1.82) is 0 Å². The normalized spacial score (nSPS) is 10.6. The fourth-order valence-electron chi connectivity index (χ4n) is 3.03. The van der Waals surface area contributed by atoms with Gasteiger partial charge in [0.15, 0.2) is 6.61 Å². The number of ether oxygens (including phenoxy) is 2. The fraction of sp³-hybridized carbons (Fsp3) is 0.120. The van der Waals surface area contributed by atoms with E-state index in [9.17, 15) is 9.59 Å². The Morgan fingerprint density at radius 1 is 0.968 bits per heavy atom. The molecule has 4 rings (SSSR count). The molecular weight excluding hydrogens is 394 g/mol. The van der Waals surface area contributed by atoms with Crippen LogP contribution in [0.3, 0.4) is 0 Å². The molecule has 3 aromatic carbocycles. The molecule has 0 aliphatic rings. The van der Waals surface area contributed by atoms with Crippen LogP contribution in [0.4, 0.5) is 5.69 Å². The first-order valence-electron chi connectivity index (χ1n) is 9.78. The Bertz CT molecular complexity index is 1290.